The van der Waals surface area contributed by atoms with Gasteiger partial charge in [-0.1, -0.05) is 135 Å². The summed E-state index contributed by atoms with van der Waals surface area (Å²) in [5.74, 6) is 0. The van der Waals surface area contributed by atoms with E-state index in [0.29, 0.717) is 0 Å². The minimum absolute atomic E-state index is 0. The van der Waals surface area contributed by atoms with Gasteiger partial charge in [0.05, 0.1) is 5.69 Å². The molecule has 3 heterocycles. The standard InChI is InChI=1S/C50H41N2.C12H10N.Ir/c1-33-19-20-43(34(2)25-33)40-27-39(35-13-8-6-9-14-35)28-41(29-40)45-22-21-44(46-31-49(52-32-47(45)46)36-15-10-7-11-16-36)37-17-12-18-38(26-37)48-30-42(23-24-51-48)50(3,4)5;1-10-7-8-13-12(9-10)11-5-3-2-4-6-11;/h6-17,19-32H,1-5H3;2-5,7-9H,1H3;/q2*-1;. The molecule has 3 aromatic heterocycles. The van der Waals surface area contributed by atoms with Crippen molar-refractivity contribution in [2.45, 2.75) is 47.0 Å². The Morgan fingerprint density at radius 2 is 1.00 bits per heavy atom. The van der Waals surface area contributed by atoms with Crippen molar-refractivity contribution in [1.82, 2.24) is 15.0 Å². The Bertz CT molecular complexity index is 3260. The second kappa shape index (κ2) is 20.0. The fourth-order valence-electron chi connectivity index (χ4n) is 8.45. The van der Waals surface area contributed by atoms with Crippen LogP contribution in [0.5, 0.6) is 0 Å². The summed E-state index contributed by atoms with van der Waals surface area (Å²) in [6.45, 7) is 13.1. The Morgan fingerprint density at radius 1 is 0.394 bits per heavy atom. The van der Waals surface area contributed by atoms with Gasteiger partial charge in [0.2, 0.25) is 0 Å². The molecule has 0 fully saturated rings. The Hall–Kier alpha value is -7.10. The summed E-state index contributed by atoms with van der Waals surface area (Å²) >= 11 is 0. The van der Waals surface area contributed by atoms with E-state index in [4.69, 9.17) is 9.97 Å². The number of hydrogen-bond acceptors (Lipinski definition) is 3. The summed E-state index contributed by atoms with van der Waals surface area (Å²) in [4.78, 5) is 14.1. The molecule has 0 unspecified atom stereocenters. The SMILES string of the molecule is Cc1ccc(-c2cc(-c3ccccc3)cc(-c3ccc(-c4cc[c-]c(-c5cc(C(C)(C)C)ccn5)c4)c4cc(-c5ccccc5)ncc34)c2)c(C)c1.Cc1ccnc(-c2[c-]cccc2)c1.[Ir]. The van der Waals surface area contributed by atoms with Crippen LogP contribution in [0.1, 0.15) is 43.0 Å². The van der Waals surface area contributed by atoms with E-state index in [0.717, 1.165) is 66.8 Å². The van der Waals surface area contributed by atoms with Crippen LogP contribution in [0.25, 0.3) is 89.1 Å². The van der Waals surface area contributed by atoms with Gasteiger partial charge < -0.3 is 9.97 Å². The van der Waals surface area contributed by atoms with E-state index >= 15 is 0 Å². The van der Waals surface area contributed by atoms with Crippen LogP contribution in [0.3, 0.4) is 0 Å². The third-order valence-electron chi connectivity index (χ3n) is 11.9. The molecule has 7 aromatic carbocycles. The van der Waals surface area contributed by atoms with E-state index in [-0.39, 0.29) is 25.5 Å². The Kier molecular flexibility index (Phi) is 13.8. The number of pyridine rings is 3. The van der Waals surface area contributed by atoms with E-state index < -0.39 is 0 Å². The number of aryl methyl sites for hydroxylation is 3. The predicted molar refractivity (Wildman–Crippen MR) is 272 cm³/mol. The van der Waals surface area contributed by atoms with Gasteiger partial charge in [0.25, 0.3) is 0 Å². The van der Waals surface area contributed by atoms with Crippen LogP contribution in [-0.2, 0) is 25.5 Å². The fraction of sp³-hybridized carbons (Fsp3) is 0.113. The van der Waals surface area contributed by atoms with Crippen molar-refractivity contribution in [3.63, 3.8) is 0 Å². The molecular weight excluding hydrogens is 979 g/mol. The molecule has 0 aliphatic heterocycles. The first-order valence-electron chi connectivity index (χ1n) is 22.2. The predicted octanol–water partition coefficient (Wildman–Crippen LogP) is 16.2. The number of rotatable bonds is 7. The van der Waals surface area contributed by atoms with Crippen LogP contribution in [0.2, 0.25) is 0 Å². The molecule has 0 aliphatic rings. The quantitative estimate of drug-likeness (QED) is 0.149. The van der Waals surface area contributed by atoms with Crippen molar-refractivity contribution in [2.24, 2.45) is 0 Å². The molecule has 0 saturated carbocycles. The zero-order valence-corrected chi connectivity index (χ0v) is 40.6. The van der Waals surface area contributed by atoms with Gasteiger partial charge in [-0.2, -0.15) is 0 Å². The summed E-state index contributed by atoms with van der Waals surface area (Å²) < 4.78 is 0. The average molecular weight is 1030 g/mol. The van der Waals surface area contributed by atoms with Crippen molar-refractivity contribution >= 4 is 10.8 Å². The summed E-state index contributed by atoms with van der Waals surface area (Å²) in [7, 11) is 0. The van der Waals surface area contributed by atoms with Gasteiger partial charge in [0, 0.05) is 49.6 Å². The monoisotopic (exact) mass is 1030 g/mol. The molecule has 0 aliphatic carbocycles. The zero-order chi connectivity index (χ0) is 44.9. The van der Waals surface area contributed by atoms with Crippen LogP contribution in [-0.4, -0.2) is 15.0 Å². The summed E-state index contributed by atoms with van der Waals surface area (Å²) in [5, 5.41) is 2.26. The van der Waals surface area contributed by atoms with Crippen molar-refractivity contribution < 1.29 is 20.1 Å². The van der Waals surface area contributed by atoms with Crippen LogP contribution in [0.15, 0.2) is 201 Å². The molecule has 1 radical (unpaired) electrons. The molecule has 4 heteroatoms. The fourth-order valence-corrected chi connectivity index (χ4v) is 8.45. The maximum absolute atomic E-state index is 5.06. The second-order valence-corrected chi connectivity index (χ2v) is 17.8. The Morgan fingerprint density at radius 3 is 1.68 bits per heavy atom. The molecule has 0 spiro atoms. The van der Waals surface area contributed by atoms with Gasteiger partial charge in [-0.3, -0.25) is 4.98 Å². The largest absolute Gasteiger partial charge is 0.305 e. The molecule has 325 valence electrons. The average Bonchev–Trinajstić information content (AvgIpc) is 3.34. The van der Waals surface area contributed by atoms with Gasteiger partial charge >= 0.3 is 0 Å². The van der Waals surface area contributed by atoms with Crippen LogP contribution in [0.4, 0.5) is 0 Å². The normalized spacial score (nSPS) is 11.1. The van der Waals surface area contributed by atoms with Crippen LogP contribution < -0.4 is 0 Å². The first-order chi connectivity index (χ1) is 31.6. The molecule has 10 aromatic rings. The Balaban J connectivity index is 0.000000363. The first kappa shape index (κ1) is 45.5. The minimum atomic E-state index is 0. The second-order valence-electron chi connectivity index (χ2n) is 17.8. The van der Waals surface area contributed by atoms with E-state index in [1.54, 1.807) is 0 Å². The molecule has 3 nitrogen and oxygen atoms in total. The first-order valence-corrected chi connectivity index (χ1v) is 22.2. The maximum Gasteiger partial charge on any atom is 0.0708 e. The number of benzene rings is 7. The van der Waals surface area contributed by atoms with Gasteiger partial charge in [-0.05, 0) is 129 Å². The number of hydrogen-bond donors (Lipinski definition) is 0. The molecule has 10 rings (SSSR count). The molecule has 0 atom stereocenters. The van der Waals surface area contributed by atoms with Crippen LogP contribution in [0, 0.1) is 32.9 Å². The summed E-state index contributed by atoms with van der Waals surface area (Å²) in [5.41, 5.74) is 20.4. The summed E-state index contributed by atoms with van der Waals surface area (Å²) in [6.07, 6.45) is 5.80. The van der Waals surface area contributed by atoms with Crippen molar-refractivity contribution in [3.8, 4) is 78.3 Å². The minimum Gasteiger partial charge on any atom is -0.305 e. The number of nitrogens with zero attached hydrogens (tertiary/aromatic N) is 3. The van der Waals surface area contributed by atoms with Crippen molar-refractivity contribution in [3.05, 3.63) is 235 Å². The molecule has 0 bridgehead atoms. The van der Waals surface area contributed by atoms with E-state index in [2.05, 4.69) is 204 Å². The van der Waals surface area contributed by atoms with Crippen molar-refractivity contribution in [1.29, 1.82) is 0 Å². The van der Waals surface area contributed by atoms with Gasteiger partial charge in [-0.15, -0.1) is 71.3 Å². The topological polar surface area (TPSA) is 38.7 Å². The molecule has 0 saturated heterocycles. The molecule has 0 N–H and O–H groups in total. The van der Waals surface area contributed by atoms with E-state index in [1.807, 2.05) is 54.9 Å². The third kappa shape index (κ3) is 10.2. The van der Waals surface area contributed by atoms with Gasteiger partial charge in [0.15, 0.2) is 0 Å². The summed E-state index contributed by atoms with van der Waals surface area (Å²) in [6, 6.07) is 70.9. The van der Waals surface area contributed by atoms with Gasteiger partial charge in [0.1, 0.15) is 0 Å². The smallest absolute Gasteiger partial charge is 0.0708 e. The van der Waals surface area contributed by atoms with E-state index in [9.17, 15) is 0 Å². The molecular formula is C62H51IrN3-2. The van der Waals surface area contributed by atoms with Crippen molar-refractivity contribution in [2.75, 3.05) is 0 Å². The molecule has 66 heavy (non-hydrogen) atoms. The molecule has 0 amide bonds. The third-order valence-corrected chi connectivity index (χ3v) is 11.9. The number of fused-ring (bicyclic) bond motifs is 1. The zero-order valence-electron chi connectivity index (χ0n) is 38.2. The van der Waals surface area contributed by atoms with Crippen LogP contribution >= 0.6 is 0 Å². The number of aromatic nitrogens is 3. The Labute approximate surface area is 403 Å². The van der Waals surface area contributed by atoms with E-state index in [1.165, 1.54) is 44.5 Å². The van der Waals surface area contributed by atoms with Gasteiger partial charge in [-0.25, -0.2) is 0 Å². The maximum atomic E-state index is 5.06.